The molecule has 0 unspecified atom stereocenters. The number of carbonyl (C=O) groups is 1. The second-order valence-corrected chi connectivity index (χ2v) is 7.50. The molecule has 0 aliphatic carbocycles. The van der Waals surface area contributed by atoms with E-state index in [2.05, 4.69) is 26.2 Å². The van der Waals surface area contributed by atoms with Gasteiger partial charge in [0, 0.05) is 21.5 Å². The van der Waals surface area contributed by atoms with E-state index in [1.54, 1.807) is 24.3 Å². The lowest BCUT2D eigenvalue weighted by molar-refractivity contribution is -0.111. The Morgan fingerprint density at radius 3 is 2.79 bits per heavy atom. The monoisotopic (exact) mass is 469 g/mol. The van der Waals surface area contributed by atoms with Gasteiger partial charge in [-0.2, -0.15) is 5.26 Å². The van der Waals surface area contributed by atoms with Crippen molar-refractivity contribution >= 4 is 44.4 Å². The maximum absolute atomic E-state index is 12.2. The number of nitrogens with zero attached hydrogens (tertiary/aromatic N) is 2. The molecule has 1 heterocycles. The summed E-state index contributed by atoms with van der Waals surface area (Å²) in [4.78, 5) is 16.7. The smallest absolute Gasteiger partial charge is 0.250 e. The van der Waals surface area contributed by atoms with Crippen molar-refractivity contribution in [2.75, 3.05) is 19.0 Å². The van der Waals surface area contributed by atoms with Crippen molar-refractivity contribution in [1.82, 2.24) is 4.98 Å². The van der Waals surface area contributed by atoms with Crippen molar-refractivity contribution in [2.45, 2.75) is 0 Å². The van der Waals surface area contributed by atoms with Crippen molar-refractivity contribution in [3.05, 3.63) is 64.0 Å². The first-order chi connectivity index (χ1) is 14.1. The lowest BCUT2D eigenvalue weighted by Crippen LogP contribution is -2.07. The molecular formula is C21H16BrN3O3S. The number of anilines is 1. The summed E-state index contributed by atoms with van der Waals surface area (Å²) in [5.41, 5.74) is 2.54. The molecule has 6 nitrogen and oxygen atoms in total. The Morgan fingerprint density at radius 2 is 2.07 bits per heavy atom. The van der Waals surface area contributed by atoms with Crippen LogP contribution in [0.1, 0.15) is 5.56 Å². The molecule has 0 aliphatic rings. The number of rotatable bonds is 7. The highest BCUT2D eigenvalue weighted by atomic mass is 79.9. The third-order valence-electron chi connectivity index (χ3n) is 3.78. The number of aromatic nitrogens is 1. The summed E-state index contributed by atoms with van der Waals surface area (Å²) in [6, 6.07) is 14.9. The van der Waals surface area contributed by atoms with E-state index in [9.17, 15) is 4.79 Å². The molecule has 0 bridgehead atoms. The Kier molecular flexibility index (Phi) is 7.00. The van der Waals surface area contributed by atoms with Gasteiger partial charge < -0.3 is 9.47 Å². The number of carbonyl (C=O) groups excluding carboxylic acids is 1. The number of methoxy groups -OCH3 is 1. The molecular weight excluding hydrogens is 454 g/mol. The van der Waals surface area contributed by atoms with Crippen LogP contribution >= 0.6 is 27.3 Å². The quantitative estimate of drug-likeness (QED) is 0.484. The summed E-state index contributed by atoms with van der Waals surface area (Å²) < 4.78 is 11.5. The highest BCUT2D eigenvalue weighted by Gasteiger charge is 2.07. The van der Waals surface area contributed by atoms with E-state index >= 15 is 0 Å². The number of benzene rings is 2. The van der Waals surface area contributed by atoms with Gasteiger partial charge in [-0.25, -0.2) is 4.98 Å². The van der Waals surface area contributed by atoms with Crippen molar-refractivity contribution in [2.24, 2.45) is 0 Å². The number of nitriles is 1. The van der Waals surface area contributed by atoms with Crippen LogP contribution in [0.2, 0.25) is 0 Å². The molecule has 0 saturated carbocycles. The second-order valence-electron chi connectivity index (χ2n) is 5.72. The molecule has 29 heavy (non-hydrogen) atoms. The number of nitrogens with one attached hydrogen (secondary N) is 1. The van der Waals surface area contributed by atoms with Crippen molar-refractivity contribution in [3.8, 4) is 28.8 Å². The minimum absolute atomic E-state index is 0.0655. The van der Waals surface area contributed by atoms with E-state index in [1.165, 1.54) is 24.5 Å². The molecule has 0 spiro atoms. The van der Waals surface area contributed by atoms with E-state index in [0.717, 1.165) is 21.3 Å². The fourth-order valence-corrected chi connectivity index (χ4v) is 3.41. The minimum Gasteiger partial charge on any atom is -0.493 e. The zero-order valence-electron chi connectivity index (χ0n) is 15.4. The lowest BCUT2D eigenvalue weighted by Gasteiger charge is -2.08. The van der Waals surface area contributed by atoms with E-state index < -0.39 is 0 Å². The Morgan fingerprint density at radius 1 is 1.28 bits per heavy atom. The molecule has 0 aliphatic heterocycles. The van der Waals surface area contributed by atoms with Gasteiger partial charge >= 0.3 is 0 Å². The fourth-order valence-electron chi connectivity index (χ4n) is 2.42. The van der Waals surface area contributed by atoms with Crippen molar-refractivity contribution in [3.63, 3.8) is 0 Å². The van der Waals surface area contributed by atoms with Gasteiger partial charge in [0.15, 0.2) is 23.2 Å². The maximum atomic E-state index is 12.2. The zero-order chi connectivity index (χ0) is 20.6. The van der Waals surface area contributed by atoms with Crippen LogP contribution in [0.25, 0.3) is 17.3 Å². The highest BCUT2D eigenvalue weighted by molar-refractivity contribution is 9.10. The number of thiazole rings is 1. The molecule has 1 aromatic heterocycles. The van der Waals surface area contributed by atoms with Crippen LogP contribution < -0.4 is 14.8 Å². The number of amides is 1. The molecule has 0 saturated heterocycles. The van der Waals surface area contributed by atoms with Crippen LogP contribution in [0, 0.1) is 11.3 Å². The summed E-state index contributed by atoms with van der Waals surface area (Å²) in [5.74, 6) is 0.672. The van der Waals surface area contributed by atoms with Crippen LogP contribution in [0.4, 0.5) is 5.13 Å². The Hall–Kier alpha value is -3.15. The summed E-state index contributed by atoms with van der Waals surface area (Å²) in [6.45, 7) is -0.0655. The molecule has 146 valence electrons. The maximum Gasteiger partial charge on any atom is 0.250 e. The van der Waals surface area contributed by atoms with E-state index in [1.807, 2.05) is 35.7 Å². The van der Waals surface area contributed by atoms with Crippen molar-refractivity contribution in [1.29, 1.82) is 5.26 Å². The molecule has 0 fully saturated rings. The molecule has 1 amide bonds. The average molecular weight is 470 g/mol. The minimum atomic E-state index is -0.287. The fraction of sp³-hybridized carbons (Fsp3) is 0.0952. The summed E-state index contributed by atoms with van der Waals surface area (Å²) >= 11 is 4.77. The van der Waals surface area contributed by atoms with Gasteiger partial charge in [0.2, 0.25) is 5.91 Å². The first-order valence-electron chi connectivity index (χ1n) is 8.47. The third kappa shape index (κ3) is 5.67. The first kappa shape index (κ1) is 20.6. The number of halogens is 1. The van der Waals surface area contributed by atoms with Crippen LogP contribution in [0.5, 0.6) is 11.5 Å². The Balaban J connectivity index is 1.64. The Bertz CT molecular complexity index is 1070. The average Bonchev–Trinajstić information content (AvgIpc) is 3.19. The van der Waals surface area contributed by atoms with E-state index in [4.69, 9.17) is 14.7 Å². The zero-order valence-corrected chi connectivity index (χ0v) is 17.8. The van der Waals surface area contributed by atoms with Gasteiger partial charge in [-0.05, 0) is 35.9 Å². The van der Waals surface area contributed by atoms with Gasteiger partial charge in [-0.3, -0.25) is 10.1 Å². The second kappa shape index (κ2) is 9.87. The first-order valence-corrected chi connectivity index (χ1v) is 10.1. The van der Waals surface area contributed by atoms with Crippen LogP contribution in [0.3, 0.4) is 0 Å². The molecule has 3 rings (SSSR count). The molecule has 0 atom stereocenters. The third-order valence-corrected chi connectivity index (χ3v) is 5.07. The van der Waals surface area contributed by atoms with Gasteiger partial charge in [0.1, 0.15) is 6.07 Å². The molecule has 0 radical (unpaired) electrons. The van der Waals surface area contributed by atoms with E-state index in [-0.39, 0.29) is 12.5 Å². The topological polar surface area (TPSA) is 84.2 Å². The van der Waals surface area contributed by atoms with Crippen LogP contribution in [0.15, 0.2) is 58.4 Å². The predicted octanol–water partition coefficient (Wildman–Crippen LogP) is 5.14. The van der Waals surface area contributed by atoms with Crippen molar-refractivity contribution < 1.29 is 14.3 Å². The number of hydrogen-bond donors (Lipinski definition) is 1. The molecule has 1 N–H and O–H groups in total. The Labute approximate surface area is 180 Å². The van der Waals surface area contributed by atoms with Gasteiger partial charge in [0.25, 0.3) is 0 Å². The lowest BCUT2D eigenvalue weighted by atomic mass is 10.2. The predicted molar refractivity (Wildman–Crippen MR) is 117 cm³/mol. The molecule has 3 aromatic rings. The van der Waals surface area contributed by atoms with Gasteiger partial charge in [-0.1, -0.05) is 34.1 Å². The van der Waals surface area contributed by atoms with Crippen LogP contribution in [-0.2, 0) is 4.79 Å². The van der Waals surface area contributed by atoms with Crippen LogP contribution in [-0.4, -0.2) is 24.6 Å². The summed E-state index contributed by atoms with van der Waals surface area (Å²) in [7, 11) is 1.51. The summed E-state index contributed by atoms with van der Waals surface area (Å²) in [5, 5.41) is 13.8. The number of ether oxygens (including phenoxy) is 2. The van der Waals surface area contributed by atoms with Gasteiger partial charge in [-0.15, -0.1) is 11.3 Å². The SMILES string of the molecule is COc1cc(/C=C/C(=O)Nc2nc(-c3ccc(Br)cc3)cs2)ccc1OCC#N. The summed E-state index contributed by atoms with van der Waals surface area (Å²) in [6.07, 6.45) is 3.08. The largest absolute Gasteiger partial charge is 0.493 e. The normalized spacial score (nSPS) is 10.5. The number of hydrogen-bond acceptors (Lipinski definition) is 6. The van der Waals surface area contributed by atoms with E-state index in [0.29, 0.717) is 16.6 Å². The standard InChI is InChI=1S/C21H16BrN3O3S/c1-27-19-12-14(2-8-18(19)28-11-10-23)3-9-20(26)25-21-24-17(13-29-21)15-4-6-16(22)7-5-15/h2-9,12-13H,11H2,1H3,(H,24,25,26)/b9-3+. The molecule has 2 aromatic carbocycles. The molecule has 8 heteroatoms. The highest BCUT2D eigenvalue weighted by Crippen LogP contribution is 2.29. The van der Waals surface area contributed by atoms with Gasteiger partial charge in [0.05, 0.1) is 12.8 Å².